The maximum Gasteiger partial charge on any atom is 0.256 e. The van der Waals surface area contributed by atoms with Crippen LogP contribution in [0.1, 0.15) is 16.8 Å². The van der Waals surface area contributed by atoms with Gasteiger partial charge in [0.15, 0.2) is 0 Å². The molecule has 1 unspecified atom stereocenters. The van der Waals surface area contributed by atoms with Gasteiger partial charge >= 0.3 is 0 Å². The Bertz CT molecular complexity index is 685. The van der Waals surface area contributed by atoms with Gasteiger partial charge in [0.1, 0.15) is 5.75 Å². The summed E-state index contributed by atoms with van der Waals surface area (Å²) in [5.74, 6) is 0.820. The number of carbonyl (C=O) groups excluding carboxylic acids is 1. The molecule has 1 atom stereocenters. The van der Waals surface area contributed by atoms with Gasteiger partial charge in [-0.2, -0.15) is 0 Å². The first-order chi connectivity index (χ1) is 11.2. The van der Waals surface area contributed by atoms with E-state index in [2.05, 4.69) is 5.32 Å². The lowest BCUT2D eigenvalue weighted by Crippen LogP contribution is -2.32. The lowest BCUT2D eigenvalue weighted by atomic mass is 10.1. The van der Waals surface area contributed by atoms with E-state index in [0.717, 1.165) is 30.1 Å². The number of ether oxygens (including phenoxy) is 1. The maximum atomic E-state index is 12.7. The highest BCUT2D eigenvalue weighted by Crippen LogP contribution is 2.24. The number of amides is 1. The largest absolute Gasteiger partial charge is 0.497 e. The summed E-state index contributed by atoms with van der Waals surface area (Å²) in [6, 6.07) is 15.2. The summed E-state index contributed by atoms with van der Waals surface area (Å²) in [6.45, 7) is 1.34. The van der Waals surface area contributed by atoms with Crippen LogP contribution in [0.15, 0.2) is 48.5 Å². The molecule has 3 N–H and O–H groups in total. The molecule has 0 aromatic heterocycles. The molecule has 0 radical (unpaired) electrons. The van der Waals surface area contributed by atoms with Gasteiger partial charge in [0.2, 0.25) is 0 Å². The molecular formula is C18H21N3O2. The third-order valence-electron chi connectivity index (χ3n) is 4.04. The molecule has 0 aliphatic carbocycles. The number of para-hydroxylation sites is 1. The van der Waals surface area contributed by atoms with Crippen molar-refractivity contribution >= 4 is 17.3 Å². The van der Waals surface area contributed by atoms with E-state index < -0.39 is 0 Å². The average molecular weight is 311 g/mol. The Morgan fingerprint density at radius 3 is 2.61 bits per heavy atom. The number of nitrogens with one attached hydrogen (secondary N) is 1. The number of rotatable bonds is 4. The topological polar surface area (TPSA) is 67.6 Å². The predicted octanol–water partition coefficient (Wildman–Crippen LogP) is 2.61. The van der Waals surface area contributed by atoms with Crippen molar-refractivity contribution in [2.75, 3.05) is 25.5 Å². The average Bonchev–Trinajstić information content (AvgIpc) is 3.02. The highest BCUT2D eigenvalue weighted by atomic mass is 16.5. The van der Waals surface area contributed by atoms with Gasteiger partial charge in [-0.05, 0) is 42.8 Å². The quantitative estimate of drug-likeness (QED) is 0.911. The van der Waals surface area contributed by atoms with Crippen LogP contribution in [0.4, 0.5) is 11.4 Å². The van der Waals surface area contributed by atoms with Gasteiger partial charge in [-0.1, -0.05) is 12.1 Å². The molecule has 0 spiro atoms. The molecule has 23 heavy (non-hydrogen) atoms. The van der Waals surface area contributed by atoms with Crippen LogP contribution in [0.2, 0.25) is 0 Å². The third kappa shape index (κ3) is 3.46. The molecule has 1 amide bonds. The second kappa shape index (κ2) is 6.71. The predicted molar refractivity (Wildman–Crippen MR) is 91.2 cm³/mol. The third-order valence-corrected chi connectivity index (χ3v) is 4.04. The van der Waals surface area contributed by atoms with Crippen LogP contribution < -0.4 is 15.8 Å². The normalized spacial score (nSPS) is 17.1. The smallest absolute Gasteiger partial charge is 0.256 e. The van der Waals surface area contributed by atoms with Gasteiger partial charge in [0.25, 0.3) is 5.91 Å². The first-order valence-electron chi connectivity index (χ1n) is 7.72. The molecule has 2 aromatic carbocycles. The molecule has 1 heterocycles. The fourth-order valence-corrected chi connectivity index (χ4v) is 2.75. The van der Waals surface area contributed by atoms with Gasteiger partial charge in [0.05, 0.1) is 18.4 Å². The number of methoxy groups -OCH3 is 1. The molecule has 0 bridgehead atoms. The van der Waals surface area contributed by atoms with E-state index >= 15 is 0 Å². The number of anilines is 2. The standard InChI is InChI=1S/C18H21N3O2/c1-23-15-8-6-14(7-9-15)20-17-5-3-2-4-16(17)18(22)21-11-10-13(19)12-21/h2-9,13,20H,10-12,19H2,1H3. The zero-order valence-electron chi connectivity index (χ0n) is 13.2. The minimum Gasteiger partial charge on any atom is -0.497 e. The van der Waals surface area contributed by atoms with Gasteiger partial charge in [0, 0.05) is 24.8 Å². The summed E-state index contributed by atoms with van der Waals surface area (Å²) in [5, 5.41) is 3.31. The van der Waals surface area contributed by atoms with Crippen LogP contribution in [-0.4, -0.2) is 37.0 Å². The summed E-state index contributed by atoms with van der Waals surface area (Å²) in [4.78, 5) is 14.5. The van der Waals surface area contributed by atoms with Crippen LogP contribution >= 0.6 is 0 Å². The number of likely N-dealkylation sites (tertiary alicyclic amines) is 1. The zero-order chi connectivity index (χ0) is 16.2. The van der Waals surface area contributed by atoms with Gasteiger partial charge in [-0.3, -0.25) is 4.79 Å². The van der Waals surface area contributed by atoms with E-state index in [1.807, 2.05) is 53.4 Å². The number of carbonyl (C=O) groups is 1. The maximum absolute atomic E-state index is 12.7. The molecule has 0 saturated carbocycles. The Balaban J connectivity index is 1.81. The highest BCUT2D eigenvalue weighted by Gasteiger charge is 2.25. The SMILES string of the molecule is COc1ccc(Nc2ccccc2C(=O)N2CCC(N)C2)cc1. The molecule has 2 aromatic rings. The molecule has 1 fully saturated rings. The van der Waals surface area contributed by atoms with Crippen molar-refractivity contribution in [2.45, 2.75) is 12.5 Å². The molecule has 120 valence electrons. The van der Waals surface area contributed by atoms with Crippen molar-refractivity contribution in [3.63, 3.8) is 0 Å². The first-order valence-corrected chi connectivity index (χ1v) is 7.72. The monoisotopic (exact) mass is 311 g/mol. The van der Waals surface area contributed by atoms with Crippen molar-refractivity contribution < 1.29 is 9.53 Å². The van der Waals surface area contributed by atoms with E-state index in [1.165, 1.54) is 0 Å². The van der Waals surface area contributed by atoms with Crippen molar-refractivity contribution in [2.24, 2.45) is 5.73 Å². The highest BCUT2D eigenvalue weighted by molar-refractivity contribution is 6.00. The molecule has 1 saturated heterocycles. The Morgan fingerprint density at radius 2 is 1.96 bits per heavy atom. The van der Waals surface area contributed by atoms with Crippen LogP contribution in [0, 0.1) is 0 Å². The molecular weight excluding hydrogens is 290 g/mol. The minimum absolute atomic E-state index is 0.0227. The van der Waals surface area contributed by atoms with Gasteiger partial charge in [-0.15, -0.1) is 0 Å². The Morgan fingerprint density at radius 1 is 1.22 bits per heavy atom. The second-order valence-electron chi connectivity index (χ2n) is 5.70. The van der Waals surface area contributed by atoms with Gasteiger partial charge in [-0.25, -0.2) is 0 Å². The molecule has 3 rings (SSSR count). The number of nitrogens with zero attached hydrogens (tertiary/aromatic N) is 1. The molecule has 1 aliphatic rings. The fourth-order valence-electron chi connectivity index (χ4n) is 2.75. The van der Waals surface area contributed by atoms with Crippen molar-refractivity contribution in [1.82, 2.24) is 4.90 Å². The molecule has 5 nitrogen and oxygen atoms in total. The van der Waals surface area contributed by atoms with Gasteiger partial charge < -0.3 is 20.7 Å². The number of hydrogen-bond donors (Lipinski definition) is 2. The van der Waals surface area contributed by atoms with E-state index in [-0.39, 0.29) is 11.9 Å². The van der Waals surface area contributed by atoms with Crippen LogP contribution in [0.25, 0.3) is 0 Å². The lowest BCUT2D eigenvalue weighted by molar-refractivity contribution is 0.0792. The molecule has 5 heteroatoms. The minimum atomic E-state index is 0.0227. The van der Waals surface area contributed by atoms with E-state index in [4.69, 9.17) is 10.5 Å². The number of benzene rings is 2. The summed E-state index contributed by atoms with van der Waals surface area (Å²) < 4.78 is 5.16. The first kappa shape index (κ1) is 15.4. The summed E-state index contributed by atoms with van der Waals surface area (Å²) in [6.07, 6.45) is 0.861. The van der Waals surface area contributed by atoms with Crippen LogP contribution in [-0.2, 0) is 0 Å². The van der Waals surface area contributed by atoms with Crippen molar-refractivity contribution in [3.05, 3.63) is 54.1 Å². The Kier molecular flexibility index (Phi) is 4.48. The lowest BCUT2D eigenvalue weighted by Gasteiger charge is -2.18. The van der Waals surface area contributed by atoms with Crippen molar-refractivity contribution in [3.8, 4) is 5.75 Å². The molecule has 1 aliphatic heterocycles. The van der Waals surface area contributed by atoms with E-state index in [1.54, 1.807) is 7.11 Å². The second-order valence-corrected chi connectivity index (χ2v) is 5.70. The summed E-state index contributed by atoms with van der Waals surface area (Å²) in [7, 11) is 1.64. The van der Waals surface area contributed by atoms with Crippen molar-refractivity contribution in [1.29, 1.82) is 0 Å². The fraction of sp³-hybridized carbons (Fsp3) is 0.278. The number of nitrogens with two attached hydrogens (primary N) is 1. The van der Waals surface area contributed by atoms with Crippen LogP contribution in [0.3, 0.4) is 0 Å². The Labute approximate surface area is 136 Å². The Hall–Kier alpha value is -2.53. The summed E-state index contributed by atoms with van der Waals surface area (Å²) in [5.41, 5.74) is 8.27. The van der Waals surface area contributed by atoms with E-state index in [9.17, 15) is 4.79 Å². The zero-order valence-corrected chi connectivity index (χ0v) is 13.2. The summed E-state index contributed by atoms with van der Waals surface area (Å²) >= 11 is 0. The van der Waals surface area contributed by atoms with E-state index in [0.29, 0.717) is 12.1 Å². The number of hydrogen-bond acceptors (Lipinski definition) is 4. The van der Waals surface area contributed by atoms with Crippen LogP contribution in [0.5, 0.6) is 5.75 Å².